The Morgan fingerprint density at radius 2 is 2.00 bits per heavy atom. The van der Waals surface area contributed by atoms with Crippen molar-refractivity contribution in [3.63, 3.8) is 0 Å². The topological polar surface area (TPSA) is 89.9 Å². The summed E-state index contributed by atoms with van der Waals surface area (Å²) >= 11 is 0. The SMILES string of the molecule is C=C1C(=O)OC2C3C(C)=CC(=O)C3=C(C)C(OC(=O)C(C)=CC)C(O)C12. The van der Waals surface area contributed by atoms with Gasteiger partial charge in [-0.05, 0) is 39.3 Å². The van der Waals surface area contributed by atoms with E-state index >= 15 is 0 Å². The minimum absolute atomic E-state index is 0.132. The van der Waals surface area contributed by atoms with Crippen molar-refractivity contribution in [2.45, 2.75) is 46.0 Å². The fraction of sp³-hybridized carbons (Fsp3) is 0.450. The Morgan fingerprint density at radius 1 is 1.35 bits per heavy atom. The average Bonchev–Trinajstić information content (AvgIpc) is 3.02. The number of ether oxygens (including phenoxy) is 2. The number of ketones is 1. The van der Waals surface area contributed by atoms with Crippen molar-refractivity contribution < 1.29 is 29.0 Å². The normalized spacial score (nSPS) is 34.2. The second-order valence-electron chi connectivity index (χ2n) is 7.04. The second kappa shape index (κ2) is 6.36. The van der Waals surface area contributed by atoms with Gasteiger partial charge in [0, 0.05) is 22.6 Å². The highest BCUT2D eigenvalue weighted by atomic mass is 16.6. The van der Waals surface area contributed by atoms with Gasteiger partial charge in [0.2, 0.25) is 0 Å². The first-order valence-electron chi connectivity index (χ1n) is 8.54. The van der Waals surface area contributed by atoms with Crippen LogP contribution in [0.25, 0.3) is 0 Å². The lowest BCUT2D eigenvalue weighted by Crippen LogP contribution is -2.41. The van der Waals surface area contributed by atoms with Crippen molar-refractivity contribution in [3.8, 4) is 0 Å². The van der Waals surface area contributed by atoms with Gasteiger partial charge in [-0.15, -0.1) is 0 Å². The lowest BCUT2D eigenvalue weighted by atomic mass is 9.82. The highest BCUT2D eigenvalue weighted by Crippen LogP contribution is 2.48. The predicted octanol–water partition coefficient (Wildman–Crippen LogP) is 1.80. The van der Waals surface area contributed by atoms with Crippen molar-refractivity contribution in [1.29, 1.82) is 0 Å². The van der Waals surface area contributed by atoms with Gasteiger partial charge in [-0.2, -0.15) is 0 Å². The molecule has 0 aromatic rings. The quantitative estimate of drug-likeness (QED) is 0.598. The summed E-state index contributed by atoms with van der Waals surface area (Å²) in [7, 11) is 0. The van der Waals surface area contributed by atoms with Gasteiger partial charge in [0.15, 0.2) is 11.9 Å². The van der Waals surface area contributed by atoms with Crippen LogP contribution in [0.3, 0.4) is 0 Å². The first-order chi connectivity index (χ1) is 12.2. The largest absolute Gasteiger partial charge is 0.457 e. The third kappa shape index (κ3) is 2.56. The molecule has 0 amide bonds. The standard InChI is InChI=1S/C20H22O6/c1-6-8(2)19(23)25-17-10(4)14-12(21)7-9(3)13(14)18-15(16(17)22)11(5)20(24)26-18/h6-7,13,15-18,22H,5H2,1-4H3. The van der Waals surface area contributed by atoms with E-state index in [0.29, 0.717) is 16.7 Å². The van der Waals surface area contributed by atoms with Gasteiger partial charge in [0.1, 0.15) is 12.2 Å². The van der Waals surface area contributed by atoms with E-state index in [1.165, 1.54) is 6.08 Å². The molecule has 138 valence electrons. The Morgan fingerprint density at radius 3 is 2.62 bits per heavy atom. The van der Waals surface area contributed by atoms with E-state index in [1.54, 1.807) is 33.8 Å². The molecular weight excluding hydrogens is 336 g/mol. The van der Waals surface area contributed by atoms with Crippen LogP contribution in [-0.2, 0) is 23.9 Å². The Hall–Kier alpha value is -2.47. The number of carbonyl (C=O) groups excluding carboxylic acids is 3. The number of fused-ring (bicyclic) bond motifs is 3. The summed E-state index contributed by atoms with van der Waals surface area (Å²) in [6, 6.07) is 0. The van der Waals surface area contributed by atoms with Gasteiger partial charge in [0.25, 0.3) is 0 Å². The summed E-state index contributed by atoms with van der Waals surface area (Å²) < 4.78 is 11.0. The molecule has 3 rings (SSSR count). The molecule has 0 saturated carbocycles. The summed E-state index contributed by atoms with van der Waals surface area (Å²) in [5.41, 5.74) is 2.18. The lowest BCUT2D eigenvalue weighted by Gasteiger charge is -2.28. The molecule has 6 heteroatoms. The zero-order valence-electron chi connectivity index (χ0n) is 15.2. The van der Waals surface area contributed by atoms with Crippen LogP contribution in [0.15, 0.2) is 46.6 Å². The van der Waals surface area contributed by atoms with Crippen LogP contribution in [0, 0.1) is 11.8 Å². The molecule has 1 fully saturated rings. The predicted molar refractivity (Wildman–Crippen MR) is 92.8 cm³/mol. The summed E-state index contributed by atoms with van der Waals surface area (Å²) in [5.74, 6) is -2.61. The van der Waals surface area contributed by atoms with Gasteiger partial charge in [-0.1, -0.05) is 18.2 Å². The summed E-state index contributed by atoms with van der Waals surface area (Å²) in [6.45, 7) is 10.5. The Labute approximate surface area is 151 Å². The van der Waals surface area contributed by atoms with Crippen molar-refractivity contribution in [1.82, 2.24) is 0 Å². The molecule has 0 aromatic carbocycles. The summed E-state index contributed by atoms with van der Waals surface area (Å²) in [4.78, 5) is 36.9. The van der Waals surface area contributed by atoms with E-state index in [2.05, 4.69) is 6.58 Å². The molecule has 0 aromatic heterocycles. The van der Waals surface area contributed by atoms with Crippen LogP contribution >= 0.6 is 0 Å². The average molecular weight is 358 g/mol. The summed E-state index contributed by atoms with van der Waals surface area (Å²) in [5, 5.41) is 11.0. The highest BCUT2D eigenvalue weighted by Gasteiger charge is 2.55. The molecule has 26 heavy (non-hydrogen) atoms. The van der Waals surface area contributed by atoms with Crippen LogP contribution in [-0.4, -0.2) is 41.1 Å². The number of esters is 2. The van der Waals surface area contributed by atoms with Crippen molar-refractivity contribution in [2.24, 2.45) is 11.8 Å². The van der Waals surface area contributed by atoms with Crippen molar-refractivity contribution >= 4 is 17.7 Å². The maximum absolute atomic E-state index is 12.5. The van der Waals surface area contributed by atoms with Crippen LogP contribution < -0.4 is 0 Å². The lowest BCUT2D eigenvalue weighted by molar-refractivity contribution is -0.150. The van der Waals surface area contributed by atoms with Gasteiger partial charge in [0.05, 0.1) is 5.92 Å². The van der Waals surface area contributed by atoms with E-state index in [4.69, 9.17) is 9.47 Å². The molecule has 5 atom stereocenters. The number of hydrogen-bond acceptors (Lipinski definition) is 6. The first-order valence-corrected chi connectivity index (χ1v) is 8.54. The van der Waals surface area contributed by atoms with E-state index in [-0.39, 0.29) is 11.4 Å². The molecule has 0 radical (unpaired) electrons. The molecule has 6 nitrogen and oxygen atoms in total. The molecule has 1 N–H and O–H groups in total. The van der Waals surface area contributed by atoms with Crippen molar-refractivity contribution in [2.75, 3.05) is 0 Å². The molecule has 5 unspecified atom stereocenters. The number of carbonyl (C=O) groups is 3. The molecule has 1 heterocycles. The van der Waals surface area contributed by atoms with E-state index < -0.39 is 42.1 Å². The van der Waals surface area contributed by atoms with E-state index in [0.717, 1.165) is 5.57 Å². The van der Waals surface area contributed by atoms with E-state index in [1.807, 2.05) is 0 Å². The van der Waals surface area contributed by atoms with Crippen molar-refractivity contribution in [3.05, 3.63) is 46.6 Å². The number of aliphatic hydroxyl groups excluding tert-OH is 1. The number of hydrogen-bond donors (Lipinski definition) is 1. The monoisotopic (exact) mass is 358 g/mol. The van der Waals surface area contributed by atoms with Gasteiger partial charge < -0.3 is 14.6 Å². The minimum Gasteiger partial charge on any atom is -0.457 e. The van der Waals surface area contributed by atoms with E-state index in [9.17, 15) is 19.5 Å². The van der Waals surface area contributed by atoms with Gasteiger partial charge in [-0.3, -0.25) is 4.79 Å². The maximum Gasteiger partial charge on any atom is 0.334 e. The maximum atomic E-state index is 12.5. The smallest absolute Gasteiger partial charge is 0.334 e. The number of aliphatic hydroxyl groups is 1. The molecule has 0 bridgehead atoms. The number of rotatable bonds is 2. The molecular formula is C20H22O6. The number of allylic oxidation sites excluding steroid dienone is 2. The molecule has 2 aliphatic carbocycles. The second-order valence-corrected chi connectivity index (χ2v) is 7.04. The zero-order valence-corrected chi connectivity index (χ0v) is 15.2. The molecule has 1 saturated heterocycles. The third-order valence-corrected chi connectivity index (χ3v) is 5.53. The van der Waals surface area contributed by atoms with Gasteiger partial charge >= 0.3 is 11.9 Å². The summed E-state index contributed by atoms with van der Waals surface area (Å²) in [6.07, 6.45) is 0.0888. The fourth-order valence-electron chi connectivity index (χ4n) is 3.98. The molecule has 0 spiro atoms. The van der Waals surface area contributed by atoms with Crippen LogP contribution in [0.5, 0.6) is 0 Å². The molecule has 3 aliphatic rings. The minimum atomic E-state index is -1.23. The zero-order chi connectivity index (χ0) is 19.3. The first kappa shape index (κ1) is 18.3. The Balaban J connectivity index is 2.12. The Bertz CT molecular complexity index is 812. The Kier molecular flexibility index (Phi) is 4.48. The highest BCUT2D eigenvalue weighted by molar-refractivity contribution is 6.09. The third-order valence-electron chi connectivity index (χ3n) is 5.53. The molecule has 1 aliphatic heterocycles. The van der Waals surface area contributed by atoms with Gasteiger partial charge in [-0.25, -0.2) is 9.59 Å². The van der Waals surface area contributed by atoms with Crippen LogP contribution in [0.1, 0.15) is 27.7 Å². The van der Waals surface area contributed by atoms with Crippen LogP contribution in [0.2, 0.25) is 0 Å². The van der Waals surface area contributed by atoms with Crippen LogP contribution in [0.4, 0.5) is 0 Å². The fourth-order valence-corrected chi connectivity index (χ4v) is 3.98.